The SMILES string of the molecule is CNc1ccc(N)cc1S(=O)(=O)NC. The third kappa shape index (κ3) is 1.97. The number of nitrogens with two attached hydrogens (primary N) is 1. The van der Waals surface area contributed by atoms with Crippen molar-refractivity contribution in [1.29, 1.82) is 0 Å². The van der Waals surface area contributed by atoms with Crippen molar-refractivity contribution in [2.75, 3.05) is 25.1 Å². The molecule has 0 radical (unpaired) electrons. The standard InChI is InChI=1S/C8H13N3O2S/c1-10-7-4-3-6(9)5-8(7)14(12,13)11-2/h3-5,10-11H,9H2,1-2H3. The van der Waals surface area contributed by atoms with Crippen LogP contribution in [0, 0.1) is 0 Å². The number of anilines is 2. The molecule has 0 aromatic heterocycles. The molecule has 0 aliphatic heterocycles. The highest BCUT2D eigenvalue weighted by Gasteiger charge is 2.15. The smallest absolute Gasteiger partial charge is 0.242 e. The van der Waals surface area contributed by atoms with Gasteiger partial charge in [-0.15, -0.1) is 0 Å². The van der Waals surface area contributed by atoms with Crippen LogP contribution in [0.1, 0.15) is 0 Å². The van der Waals surface area contributed by atoms with Crippen LogP contribution in [-0.4, -0.2) is 22.5 Å². The third-order valence-electron chi connectivity index (χ3n) is 1.83. The van der Waals surface area contributed by atoms with E-state index in [1.807, 2.05) is 0 Å². The van der Waals surface area contributed by atoms with Gasteiger partial charge < -0.3 is 11.1 Å². The minimum atomic E-state index is -3.46. The average molecular weight is 215 g/mol. The Morgan fingerprint density at radius 2 is 1.93 bits per heavy atom. The maximum absolute atomic E-state index is 11.5. The Morgan fingerprint density at radius 3 is 2.43 bits per heavy atom. The number of sulfonamides is 1. The number of benzene rings is 1. The summed E-state index contributed by atoms with van der Waals surface area (Å²) in [4.78, 5) is 0.155. The molecule has 78 valence electrons. The highest BCUT2D eigenvalue weighted by molar-refractivity contribution is 7.89. The van der Waals surface area contributed by atoms with E-state index in [2.05, 4.69) is 10.0 Å². The van der Waals surface area contributed by atoms with Crippen LogP contribution >= 0.6 is 0 Å². The van der Waals surface area contributed by atoms with Crippen molar-refractivity contribution in [1.82, 2.24) is 4.72 Å². The van der Waals surface area contributed by atoms with Crippen LogP contribution in [0.4, 0.5) is 11.4 Å². The molecule has 0 spiro atoms. The predicted octanol–water partition coefficient (Wildman–Crippen LogP) is 0.219. The number of rotatable bonds is 3. The summed E-state index contributed by atoms with van der Waals surface area (Å²) >= 11 is 0. The Hall–Kier alpha value is -1.27. The van der Waals surface area contributed by atoms with Crippen LogP contribution in [-0.2, 0) is 10.0 Å². The highest BCUT2D eigenvalue weighted by Crippen LogP contribution is 2.22. The lowest BCUT2D eigenvalue weighted by Gasteiger charge is -2.09. The Morgan fingerprint density at radius 1 is 1.29 bits per heavy atom. The second-order valence-corrected chi connectivity index (χ2v) is 4.57. The molecule has 5 nitrogen and oxygen atoms in total. The van der Waals surface area contributed by atoms with E-state index in [0.29, 0.717) is 11.4 Å². The molecule has 1 aromatic carbocycles. The molecule has 0 fully saturated rings. The summed E-state index contributed by atoms with van der Waals surface area (Å²) in [5, 5.41) is 2.79. The van der Waals surface area contributed by atoms with E-state index in [9.17, 15) is 8.42 Å². The zero-order chi connectivity index (χ0) is 10.8. The fraction of sp³-hybridized carbons (Fsp3) is 0.250. The normalized spacial score (nSPS) is 11.3. The van der Waals surface area contributed by atoms with E-state index in [4.69, 9.17) is 5.73 Å². The molecule has 0 aliphatic rings. The van der Waals surface area contributed by atoms with Crippen molar-refractivity contribution in [3.8, 4) is 0 Å². The minimum Gasteiger partial charge on any atom is -0.399 e. The van der Waals surface area contributed by atoms with Crippen molar-refractivity contribution < 1.29 is 8.42 Å². The number of nitrogen functional groups attached to an aromatic ring is 1. The third-order valence-corrected chi connectivity index (χ3v) is 3.29. The lowest BCUT2D eigenvalue weighted by Crippen LogP contribution is -2.20. The Balaban J connectivity index is 3.39. The van der Waals surface area contributed by atoms with Gasteiger partial charge in [0, 0.05) is 12.7 Å². The van der Waals surface area contributed by atoms with Gasteiger partial charge in [0.15, 0.2) is 0 Å². The van der Waals surface area contributed by atoms with Crippen LogP contribution in [0.2, 0.25) is 0 Å². The minimum absolute atomic E-state index is 0.155. The molecule has 4 N–H and O–H groups in total. The first-order valence-corrected chi connectivity index (χ1v) is 5.50. The lowest BCUT2D eigenvalue weighted by atomic mass is 10.3. The van der Waals surface area contributed by atoms with Gasteiger partial charge in [-0.05, 0) is 25.2 Å². The fourth-order valence-electron chi connectivity index (χ4n) is 1.08. The molecular weight excluding hydrogens is 202 g/mol. The molecule has 0 atom stereocenters. The largest absolute Gasteiger partial charge is 0.399 e. The van der Waals surface area contributed by atoms with Gasteiger partial charge in [0.05, 0.1) is 5.69 Å². The molecule has 0 saturated heterocycles. The number of hydrogen-bond donors (Lipinski definition) is 3. The summed E-state index contributed by atoms with van der Waals surface area (Å²) in [6.07, 6.45) is 0. The number of nitrogens with one attached hydrogen (secondary N) is 2. The molecular formula is C8H13N3O2S. The monoisotopic (exact) mass is 215 g/mol. The molecule has 0 aliphatic carbocycles. The topological polar surface area (TPSA) is 84.2 Å². The first-order chi connectivity index (χ1) is 6.51. The van der Waals surface area contributed by atoms with E-state index in [1.54, 1.807) is 19.2 Å². The van der Waals surface area contributed by atoms with Crippen molar-refractivity contribution in [3.05, 3.63) is 18.2 Å². The van der Waals surface area contributed by atoms with Crippen LogP contribution < -0.4 is 15.8 Å². The van der Waals surface area contributed by atoms with Gasteiger partial charge in [-0.2, -0.15) is 0 Å². The first kappa shape index (κ1) is 10.8. The van der Waals surface area contributed by atoms with Gasteiger partial charge in [0.25, 0.3) is 0 Å². The van der Waals surface area contributed by atoms with Crippen LogP contribution in [0.5, 0.6) is 0 Å². The van der Waals surface area contributed by atoms with E-state index >= 15 is 0 Å². The van der Waals surface area contributed by atoms with Crippen LogP contribution in [0.3, 0.4) is 0 Å². The predicted molar refractivity (Wildman–Crippen MR) is 56.6 cm³/mol. The maximum Gasteiger partial charge on any atom is 0.242 e. The molecule has 0 amide bonds. The van der Waals surface area contributed by atoms with Gasteiger partial charge in [0.1, 0.15) is 4.90 Å². The molecule has 0 unspecified atom stereocenters. The summed E-state index contributed by atoms with van der Waals surface area (Å²) in [6, 6.07) is 4.68. The van der Waals surface area contributed by atoms with E-state index in [1.165, 1.54) is 13.1 Å². The van der Waals surface area contributed by atoms with Crippen molar-refractivity contribution in [3.63, 3.8) is 0 Å². The summed E-state index contributed by atoms with van der Waals surface area (Å²) in [6.45, 7) is 0. The first-order valence-electron chi connectivity index (χ1n) is 4.02. The Kier molecular flexibility index (Phi) is 2.97. The molecule has 6 heteroatoms. The van der Waals surface area contributed by atoms with Gasteiger partial charge in [-0.25, -0.2) is 13.1 Å². The molecule has 0 saturated carbocycles. The summed E-state index contributed by atoms with van der Waals surface area (Å²) < 4.78 is 25.3. The molecule has 1 aromatic rings. The second-order valence-electron chi connectivity index (χ2n) is 2.71. The molecule has 0 heterocycles. The van der Waals surface area contributed by atoms with Crippen molar-refractivity contribution in [2.24, 2.45) is 0 Å². The average Bonchev–Trinajstić information content (AvgIpc) is 2.18. The van der Waals surface area contributed by atoms with E-state index < -0.39 is 10.0 Å². The zero-order valence-corrected chi connectivity index (χ0v) is 8.85. The quantitative estimate of drug-likeness (QED) is 0.630. The van der Waals surface area contributed by atoms with Crippen molar-refractivity contribution in [2.45, 2.75) is 4.90 Å². The fourth-order valence-corrected chi connectivity index (χ4v) is 2.05. The Labute approximate surface area is 83.4 Å². The van der Waals surface area contributed by atoms with Gasteiger partial charge in [-0.1, -0.05) is 0 Å². The second kappa shape index (κ2) is 3.85. The highest BCUT2D eigenvalue weighted by atomic mass is 32.2. The molecule has 0 bridgehead atoms. The van der Waals surface area contributed by atoms with E-state index in [-0.39, 0.29) is 4.90 Å². The van der Waals surface area contributed by atoms with Crippen molar-refractivity contribution >= 4 is 21.4 Å². The molecule has 1 rings (SSSR count). The van der Waals surface area contributed by atoms with E-state index in [0.717, 1.165) is 0 Å². The van der Waals surface area contributed by atoms with Crippen LogP contribution in [0.15, 0.2) is 23.1 Å². The Bertz CT molecular complexity index is 428. The van der Waals surface area contributed by atoms with Gasteiger partial charge in [0.2, 0.25) is 10.0 Å². The van der Waals surface area contributed by atoms with Crippen LogP contribution in [0.25, 0.3) is 0 Å². The summed E-state index contributed by atoms with van der Waals surface area (Å²) in [5.74, 6) is 0. The summed E-state index contributed by atoms with van der Waals surface area (Å²) in [7, 11) is -0.444. The lowest BCUT2D eigenvalue weighted by molar-refractivity contribution is 0.588. The van der Waals surface area contributed by atoms with Gasteiger partial charge in [-0.3, -0.25) is 0 Å². The summed E-state index contributed by atoms with van der Waals surface area (Å²) in [5.41, 5.74) is 6.45. The maximum atomic E-state index is 11.5. The molecule has 14 heavy (non-hydrogen) atoms. The zero-order valence-electron chi connectivity index (χ0n) is 8.03. The van der Waals surface area contributed by atoms with Gasteiger partial charge >= 0.3 is 0 Å². The number of hydrogen-bond acceptors (Lipinski definition) is 4.